The van der Waals surface area contributed by atoms with Crippen molar-refractivity contribution < 1.29 is 4.79 Å². The highest BCUT2D eigenvalue weighted by atomic mass is 16.1. The van der Waals surface area contributed by atoms with Gasteiger partial charge in [-0.1, -0.05) is 6.07 Å². The van der Waals surface area contributed by atoms with Gasteiger partial charge < -0.3 is 10.6 Å². The van der Waals surface area contributed by atoms with Crippen molar-refractivity contribution in [3.63, 3.8) is 0 Å². The van der Waals surface area contributed by atoms with E-state index in [-0.39, 0.29) is 5.91 Å². The number of benzene rings is 1. The van der Waals surface area contributed by atoms with Crippen LogP contribution < -0.4 is 10.6 Å². The lowest BCUT2D eigenvalue weighted by molar-refractivity contribution is 0.102. The summed E-state index contributed by atoms with van der Waals surface area (Å²) >= 11 is 0. The van der Waals surface area contributed by atoms with Gasteiger partial charge in [0.1, 0.15) is 6.33 Å². The van der Waals surface area contributed by atoms with E-state index in [1.54, 1.807) is 12.1 Å². The van der Waals surface area contributed by atoms with Gasteiger partial charge in [-0.25, -0.2) is 4.68 Å². The zero-order valence-corrected chi connectivity index (χ0v) is 13.5. The van der Waals surface area contributed by atoms with Crippen LogP contribution in [0.2, 0.25) is 0 Å². The number of hydrogen-bond acceptors (Lipinski definition) is 6. The summed E-state index contributed by atoms with van der Waals surface area (Å²) in [5.41, 5.74) is 1.83. The molecule has 3 aromatic rings. The van der Waals surface area contributed by atoms with E-state index in [4.69, 9.17) is 0 Å². The smallest absolute Gasteiger partial charge is 0.276 e. The minimum Gasteiger partial charge on any atom is -0.321 e. The van der Waals surface area contributed by atoms with Crippen LogP contribution in [-0.4, -0.2) is 49.0 Å². The molecular formula is C16H18N8O. The third-order valence-electron chi connectivity index (χ3n) is 4.20. The Balaban J connectivity index is 1.47. The summed E-state index contributed by atoms with van der Waals surface area (Å²) in [6.45, 7) is 1.93. The van der Waals surface area contributed by atoms with E-state index >= 15 is 0 Å². The molecule has 9 heteroatoms. The number of rotatable bonds is 4. The van der Waals surface area contributed by atoms with Gasteiger partial charge in [0.05, 0.1) is 11.7 Å². The molecule has 1 aromatic carbocycles. The van der Waals surface area contributed by atoms with Crippen molar-refractivity contribution in [1.29, 1.82) is 0 Å². The van der Waals surface area contributed by atoms with E-state index in [0.29, 0.717) is 17.4 Å². The number of nitrogens with one attached hydrogen (secondary N) is 2. The summed E-state index contributed by atoms with van der Waals surface area (Å²) in [5, 5.41) is 21.7. The van der Waals surface area contributed by atoms with Crippen LogP contribution in [0.4, 0.5) is 5.69 Å². The molecule has 2 N–H and O–H groups in total. The van der Waals surface area contributed by atoms with Crippen LogP contribution in [0.25, 0.3) is 5.69 Å². The predicted molar refractivity (Wildman–Crippen MR) is 90.5 cm³/mol. The molecule has 1 amide bonds. The van der Waals surface area contributed by atoms with Gasteiger partial charge >= 0.3 is 0 Å². The third kappa shape index (κ3) is 3.41. The molecule has 1 saturated heterocycles. The van der Waals surface area contributed by atoms with Crippen molar-refractivity contribution in [2.45, 2.75) is 18.9 Å². The number of aromatic nitrogens is 6. The fraction of sp³-hybridized carbons (Fsp3) is 0.312. The van der Waals surface area contributed by atoms with E-state index < -0.39 is 0 Å². The molecule has 0 saturated carbocycles. The Labute approximate surface area is 144 Å². The van der Waals surface area contributed by atoms with Gasteiger partial charge in [0, 0.05) is 18.4 Å². The molecule has 9 nitrogen and oxygen atoms in total. The second-order valence-corrected chi connectivity index (χ2v) is 5.94. The number of nitrogens with zero attached hydrogens (tertiary/aromatic N) is 6. The van der Waals surface area contributed by atoms with Crippen molar-refractivity contribution in [2.24, 2.45) is 0 Å². The average Bonchev–Trinajstić information content (AvgIpc) is 3.35. The zero-order chi connectivity index (χ0) is 17.1. The molecule has 0 aliphatic carbocycles. The monoisotopic (exact) mass is 338 g/mol. The molecular weight excluding hydrogens is 320 g/mol. The van der Waals surface area contributed by atoms with Crippen molar-refractivity contribution in [2.75, 3.05) is 18.4 Å². The van der Waals surface area contributed by atoms with Crippen molar-refractivity contribution in [3.8, 4) is 5.69 Å². The van der Waals surface area contributed by atoms with Crippen LogP contribution in [0, 0.1) is 0 Å². The standard InChI is InChI=1S/C16H18N8O/c25-16(15-6-8-23(20-15)14-5-2-7-17-10-14)19-12-3-1-4-13(9-12)24-11-18-21-22-24/h1,3-4,6,8-9,11,14,17H,2,5,7,10H2,(H,19,25). The molecule has 0 bridgehead atoms. The van der Waals surface area contributed by atoms with Crippen molar-refractivity contribution >= 4 is 11.6 Å². The summed E-state index contributed by atoms with van der Waals surface area (Å²) < 4.78 is 3.40. The summed E-state index contributed by atoms with van der Waals surface area (Å²) in [6, 6.07) is 9.35. The van der Waals surface area contributed by atoms with E-state index in [1.165, 1.54) is 11.0 Å². The highest BCUT2D eigenvalue weighted by Gasteiger charge is 2.17. The maximum atomic E-state index is 12.5. The molecule has 128 valence electrons. The summed E-state index contributed by atoms with van der Waals surface area (Å²) in [5.74, 6) is -0.239. The summed E-state index contributed by atoms with van der Waals surface area (Å²) in [6.07, 6.45) is 5.56. The lowest BCUT2D eigenvalue weighted by Gasteiger charge is -2.22. The van der Waals surface area contributed by atoms with E-state index in [9.17, 15) is 4.79 Å². The fourth-order valence-electron chi connectivity index (χ4n) is 2.92. The summed E-state index contributed by atoms with van der Waals surface area (Å²) in [7, 11) is 0. The number of amides is 1. The van der Waals surface area contributed by atoms with Crippen molar-refractivity contribution in [1.82, 2.24) is 35.3 Å². The Morgan fingerprint density at radius 1 is 1.32 bits per heavy atom. The van der Waals surface area contributed by atoms with Crippen LogP contribution in [0.3, 0.4) is 0 Å². The van der Waals surface area contributed by atoms with E-state index in [1.807, 2.05) is 29.1 Å². The molecule has 0 radical (unpaired) electrons. The van der Waals surface area contributed by atoms with Gasteiger partial charge in [-0.2, -0.15) is 5.10 Å². The van der Waals surface area contributed by atoms with Crippen LogP contribution in [0.15, 0.2) is 42.9 Å². The molecule has 1 atom stereocenters. The normalized spacial score (nSPS) is 17.4. The average molecular weight is 338 g/mol. The van der Waals surface area contributed by atoms with Gasteiger partial charge in [0.2, 0.25) is 0 Å². The van der Waals surface area contributed by atoms with Crippen LogP contribution in [-0.2, 0) is 0 Å². The number of hydrogen-bond donors (Lipinski definition) is 2. The fourth-order valence-corrected chi connectivity index (χ4v) is 2.92. The molecule has 1 aliphatic heterocycles. The van der Waals surface area contributed by atoms with Crippen LogP contribution in [0.1, 0.15) is 29.4 Å². The van der Waals surface area contributed by atoms with Gasteiger partial charge in [0.15, 0.2) is 5.69 Å². The number of anilines is 1. The second-order valence-electron chi connectivity index (χ2n) is 5.94. The first-order valence-electron chi connectivity index (χ1n) is 8.20. The highest BCUT2D eigenvalue weighted by Crippen LogP contribution is 2.17. The van der Waals surface area contributed by atoms with E-state index in [2.05, 4.69) is 31.3 Å². The van der Waals surface area contributed by atoms with Gasteiger partial charge in [-0.15, -0.1) is 5.10 Å². The van der Waals surface area contributed by atoms with Crippen molar-refractivity contribution in [3.05, 3.63) is 48.5 Å². The molecule has 3 heterocycles. The molecule has 4 rings (SSSR count). The van der Waals surface area contributed by atoms with Gasteiger partial charge in [0.25, 0.3) is 5.91 Å². The molecule has 2 aromatic heterocycles. The molecule has 1 unspecified atom stereocenters. The Kier molecular flexibility index (Phi) is 4.21. The number of tetrazole rings is 1. The third-order valence-corrected chi connectivity index (χ3v) is 4.20. The summed E-state index contributed by atoms with van der Waals surface area (Å²) in [4.78, 5) is 12.5. The highest BCUT2D eigenvalue weighted by molar-refractivity contribution is 6.02. The lowest BCUT2D eigenvalue weighted by atomic mass is 10.1. The molecule has 1 aliphatic rings. The Hall–Kier alpha value is -3.07. The maximum absolute atomic E-state index is 12.5. The van der Waals surface area contributed by atoms with Gasteiger partial charge in [-0.05, 0) is 54.1 Å². The quantitative estimate of drug-likeness (QED) is 0.737. The van der Waals surface area contributed by atoms with Crippen LogP contribution >= 0.6 is 0 Å². The van der Waals surface area contributed by atoms with E-state index in [0.717, 1.165) is 31.6 Å². The number of piperidine rings is 1. The molecule has 25 heavy (non-hydrogen) atoms. The lowest BCUT2D eigenvalue weighted by Crippen LogP contribution is -2.32. The first kappa shape index (κ1) is 15.5. The minimum atomic E-state index is -0.239. The molecule has 1 fully saturated rings. The van der Waals surface area contributed by atoms with Crippen LogP contribution in [0.5, 0.6) is 0 Å². The number of carbonyl (C=O) groups excluding carboxylic acids is 1. The maximum Gasteiger partial charge on any atom is 0.276 e. The second kappa shape index (κ2) is 6.81. The first-order chi connectivity index (χ1) is 12.3. The first-order valence-corrected chi connectivity index (χ1v) is 8.20. The predicted octanol–water partition coefficient (Wildman–Crippen LogP) is 1.04. The Morgan fingerprint density at radius 3 is 3.08 bits per heavy atom. The Bertz CT molecular complexity index is 851. The largest absolute Gasteiger partial charge is 0.321 e. The number of carbonyl (C=O) groups is 1. The topological polar surface area (TPSA) is 103 Å². The molecule has 0 spiro atoms. The SMILES string of the molecule is O=C(Nc1cccc(-n2cnnn2)c1)c1ccn(C2CCCNC2)n1. The Morgan fingerprint density at radius 2 is 2.28 bits per heavy atom. The zero-order valence-electron chi connectivity index (χ0n) is 13.5. The minimum absolute atomic E-state index is 0.239. The van der Waals surface area contributed by atoms with Gasteiger partial charge in [-0.3, -0.25) is 9.48 Å².